The van der Waals surface area contributed by atoms with E-state index < -0.39 is 6.04 Å². The zero-order valence-electron chi connectivity index (χ0n) is 11.6. The van der Waals surface area contributed by atoms with Gasteiger partial charge in [0.15, 0.2) is 5.78 Å². The monoisotopic (exact) mass is 269 g/mol. The standard InChI is InChI=1S/C16H19N3O/c1-19-10-12(9-18-19)15(17)16(20)14-8-3-2-7-13(14)11-5-4-6-11/h2-3,7-11,15H,4-6,17H2,1H3. The Bertz CT molecular complexity index is 628. The molecule has 1 aromatic carbocycles. The topological polar surface area (TPSA) is 60.9 Å². The van der Waals surface area contributed by atoms with E-state index in [0.29, 0.717) is 5.92 Å². The summed E-state index contributed by atoms with van der Waals surface area (Å²) < 4.78 is 1.67. The number of rotatable bonds is 4. The summed E-state index contributed by atoms with van der Waals surface area (Å²) in [5.41, 5.74) is 8.80. The van der Waals surface area contributed by atoms with E-state index in [4.69, 9.17) is 5.73 Å². The second-order valence-corrected chi connectivity index (χ2v) is 5.50. The maximum Gasteiger partial charge on any atom is 0.184 e. The van der Waals surface area contributed by atoms with Crippen LogP contribution >= 0.6 is 0 Å². The molecule has 0 aliphatic heterocycles. The summed E-state index contributed by atoms with van der Waals surface area (Å²) in [6.07, 6.45) is 7.06. The first kappa shape index (κ1) is 13.1. The second kappa shape index (κ2) is 5.21. The molecule has 2 aromatic rings. The number of benzene rings is 1. The fourth-order valence-electron chi connectivity index (χ4n) is 2.72. The summed E-state index contributed by atoms with van der Waals surface area (Å²) in [7, 11) is 1.82. The van der Waals surface area contributed by atoms with Crippen molar-refractivity contribution in [3.05, 3.63) is 53.3 Å². The van der Waals surface area contributed by atoms with Crippen molar-refractivity contribution in [2.24, 2.45) is 12.8 Å². The van der Waals surface area contributed by atoms with Gasteiger partial charge < -0.3 is 5.73 Å². The highest BCUT2D eigenvalue weighted by Crippen LogP contribution is 2.38. The average molecular weight is 269 g/mol. The maximum atomic E-state index is 12.7. The predicted molar refractivity (Wildman–Crippen MR) is 77.5 cm³/mol. The smallest absolute Gasteiger partial charge is 0.184 e. The molecule has 20 heavy (non-hydrogen) atoms. The summed E-state index contributed by atoms with van der Waals surface area (Å²) in [5.74, 6) is 0.511. The van der Waals surface area contributed by atoms with E-state index in [1.807, 2.05) is 25.2 Å². The predicted octanol–water partition coefficient (Wildman–Crippen LogP) is 2.57. The van der Waals surface area contributed by atoms with Crippen LogP contribution in [0.2, 0.25) is 0 Å². The largest absolute Gasteiger partial charge is 0.317 e. The van der Waals surface area contributed by atoms with Crippen LogP contribution in [-0.2, 0) is 7.05 Å². The molecule has 4 heteroatoms. The van der Waals surface area contributed by atoms with Crippen LogP contribution in [0.25, 0.3) is 0 Å². The fourth-order valence-corrected chi connectivity index (χ4v) is 2.72. The molecule has 1 aliphatic rings. The zero-order chi connectivity index (χ0) is 14.1. The second-order valence-electron chi connectivity index (χ2n) is 5.50. The zero-order valence-corrected chi connectivity index (χ0v) is 11.6. The Morgan fingerprint density at radius 2 is 2.15 bits per heavy atom. The number of hydrogen-bond donors (Lipinski definition) is 1. The minimum atomic E-state index is -0.634. The average Bonchev–Trinajstić information content (AvgIpc) is 2.82. The molecule has 0 spiro atoms. The lowest BCUT2D eigenvalue weighted by atomic mass is 9.77. The van der Waals surface area contributed by atoms with Crippen LogP contribution in [-0.4, -0.2) is 15.6 Å². The van der Waals surface area contributed by atoms with Gasteiger partial charge in [0.25, 0.3) is 0 Å². The highest BCUT2D eigenvalue weighted by Gasteiger charge is 2.27. The third-order valence-electron chi connectivity index (χ3n) is 4.14. The third kappa shape index (κ3) is 2.27. The van der Waals surface area contributed by atoms with Crippen molar-refractivity contribution in [3.63, 3.8) is 0 Å². The van der Waals surface area contributed by atoms with Crippen LogP contribution in [0, 0.1) is 0 Å². The lowest BCUT2D eigenvalue weighted by Gasteiger charge is -2.28. The number of Topliss-reactive ketones (excluding diaryl/α,β-unsaturated/α-hetero) is 1. The minimum absolute atomic E-state index is 0.0134. The van der Waals surface area contributed by atoms with Gasteiger partial charge in [-0.1, -0.05) is 30.7 Å². The van der Waals surface area contributed by atoms with Gasteiger partial charge in [-0.2, -0.15) is 5.10 Å². The number of carbonyl (C=O) groups excluding carboxylic acids is 1. The number of nitrogens with zero attached hydrogens (tertiary/aromatic N) is 2. The van der Waals surface area contributed by atoms with Gasteiger partial charge in [0, 0.05) is 24.4 Å². The molecule has 0 amide bonds. The lowest BCUT2D eigenvalue weighted by molar-refractivity contribution is 0.0959. The van der Waals surface area contributed by atoms with Crippen molar-refractivity contribution >= 4 is 5.78 Å². The molecule has 4 nitrogen and oxygen atoms in total. The fraction of sp³-hybridized carbons (Fsp3) is 0.375. The molecule has 1 saturated carbocycles. The van der Waals surface area contributed by atoms with Crippen LogP contribution in [0.4, 0.5) is 0 Å². The normalized spacial score (nSPS) is 16.7. The summed E-state index contributed by atoms with van der Waals surface area (Å²) in [6.45, 7) is 0. The van der Waals surface area contributed by atoms with Gasteiger partial charge in [0.1, 0.15) is 0 Å². The summed E-state index contributed by atoms with van der Waals surface area (Å²) >= 11 is 0. The Morgan fingerprint density at radius 3 is 2.75 bits per heavy atom. The number of aromatic nitrogens is 2. The molecule has 3 rings (SSSR count). The van der Waals surface area contributed by atoms with Gasteiger partial charge in [0.05, 0.1) is 12.2 Å². The van der Waals surface area contributed by atoms with E-state index in [1.165, 1.54) is 19.3 Å². The molecular weight excluding hydrogens is 250 g/mol. The molecule has 1 aromatic heterocycles. The van der Waals surface area contributed by atoms with Gasteiger partial charge in [-0.3, -0.25) is 9.48 Å². The Kier molecular flexibility index (Phi) is 3.40. The van der Waals surface area contributed by atoms with Crippen LogP contribution in [0.15, 0.2) is 36.7 Å². The Hall–Kier alpha value is -1.94. The first-order valence-electron chi connectivity index (χ1n) is 7.04. The molecule has 0 radical (unpaired) electrons. The van der Waals surface area contributed by atoms with Crippen molar-refractivity contribution in [2.45, 2.75) is 31.2 Å². The first-order valence-corrected chi connectivity index (χ1v) is 7.04. The van der Waals surface area contributed by atoms with Crippen molar-refractivity contribution in [1.29, 1.82) is 0 Å². The SMILES string of the molecule is Cn1cc(C(N)C(=O)c2ccccc2C2CCC2)cn1. The van der Waals surface area contributed by atoms with Crippen molar-refractivity contribution in [3.8, 4) is 0 Å². The van der Waals surface area contributed by atoms with Crippen LogP contribution in [0.3, 0.4) is 0 Å². The maximum absolute atomic E-state index is 12.7. The Balaban J connectivity index is 1.90. The third-order valence-corrected chi connectivity index (χ3v) is 4.14. The number of hydrogen-bond acceptors (Lipinski definition) is 3. The number of nitrogens with two attached hydrogens (primary N) is 1. The molecular formula is C16H19N3O. The Morgan fingerprint density at radius 1 is 1.40 bits per heavy atom. The molecule has 1 unspecified atom stereocenters. The van der Waals surface area contributed by atoms with Gasteiger partial charge >= 0.3 is 0 Å². The van der Waals surface area contributed by atoms with Crippen LogP contribution in [0.5, 0.6) is 0 Å². The van der Waals surface area contributed by atoms with E-state index >= 15 is 0 Å². The molecule has 1 aliphatic carbocycles. The molecule has 0 saturated heterocycles. The number of carbonyl (C=O) groups is 1. The quantitative estimate of drug-likeness (QED) is 0.868. The highest BCUT2D eigenvalue weighted by atomic mass is 16.1. The minimum Gasteiger partial charge on any atom is -0.317 e. The van der Waals surface area contributed by atoms with Crippen LogP contribution < -0.4 is 5.73 Å². The molecule has 2 N–H and O–H groups in total. The lowest BCUT2D eigenvalue weighted by Crippen LogP contribution is -2.23. The highest BCUT2D eigenvalue weighted by molar-refractivity contribution is 6.01. The molecule has 0 bridgehead atoms. The van der Waals surface area contributed by atoms with Gasteiger partial charge in [-0.05, 0) is 24.3 Å². The van der Waals surface area contributed by atoms with E-state index in [-0.39, 0.29) is 5.78 Å². The van der Waals surface area contributed by atoms with E-state index in [0.717, 1.165) is 16.7 Å². The summed E-state index contributed by atoms with van der Waals surface area (Å²) in [4.78, 5) is 12.7. The molecule has 1 atom stereocenters. The molecule has 104 valence electrons. The summed E-state index contributed by atoms with van der Waals surface area (Å²) in [5, 5.41) is 4.08. The number of aryl methyl sites for hydroxylation is 1. The van der Waals surface area contributed by atoms with E-state index in [2.05, 4.69) is 11.2 Å². The Labute approximate surface area is 118 Å². The van der Waals surface area contributed by atoms with Crippen molar-refractivity contribution < 1.29 is 4.79 Å². The van der Waals surface area contributed by atoms with Gasteiger partial charge in [-0.15, -0.1) is 0 Å². The van der Waals surface area contributed by atoms with Crippen LogP contribution in [0.1, 0.15) is 52.7 Å². The molecule has 1 heterocycles. The van der Waals surface area contributed by atoms with E-state index in [1.54, 1.807) is 17.1 Å². The molecule has 1 fully saturated rings. The van der Waals surface area contributed by atoms with Crippen molar-refractivity contribution in [1.82, 2.24) is 9.78 Å². The first-order chi connectivity index (χ1) is 9.66. The van der Waals surface area contributed by atoms with Gasteiger partial charge in [0.2, 0.25) is 0 Å². The number of ketones is 1. The summed E-state index contributed by atoms with van der Waals surface area (Å²) in [6, 6.07) is 7.23. The van der Waals surface area contributed by atoms with E-state index in [9.17, 15) is 4.79 Å². The van der Waals surface area contributed by atoms with Gasteiger partial charge in [-0.25, -0.2) is 0 Å². The van der Waals surface area contributed by atoms with Crippen molar-refractivity contribution in [2.75, 3.05) is 0 Å².